The summed E-state index contributed by atoms with van der Waals surface area (Å²) in [5.74, 6) is -2.19. The van der Waals surface area contributed by atoms with E-state index in [4.69, 9.17) is 11.6 Å². The van der Waals surface area contributed by atoms with Crippen molar-refractivity contribution in [2.24, 2.45) is 0 Å². The highest BCUT2D eigenvalue weighted by molar-refractivity contribution is 6.29. The third kappa shape index (κ3) is 3.95. The van der Waals surface area contributed by atoms with Gasteiger partial charge in [-0.25, -0.2) is 4.98 Å². The molecule has 0 radical (unpaired) electrons. The quantitative estimate of drug-likeness (QED) is 0.341. The second-order valence-corrected chi connectivity index (χ2v) is 6.41. The van der Waals surface area contributed by atoms with Crippen LogP contribution in [-0.2, 0) is 6.42 Å². The molecule has 0 atom stereocenters. The maximum Gasteiger partial charge on any atom is 0.573 e. The average Bonchev–Trinajstić information content (AvgIpc) is 3.13. The van der Waals surface area contributed by atoms with E-state index >= 15 is 0 Å². The molecule has 0 spiro atoms. The van der Waals surface area contributed by atoms with E-state index in [1.165, 1.54) is 12.3 Å². The Morgan fingerprint density at radius 2 is 1.62 bits per heavy atom. The van der Waals surface area contributed by atoms with Crippen LogP contribution in [0.4, 0.5) is 26.3 Å². The van der Waals surface area contributed by atoms with Gasteiger partial charge in [0.15, 0.2) is 11.5 Å². The van der Waals surface area contributed by atoms with E-state index in [1.54, 1.807) is 6.07 Å². The zero-order chi connectivity index (χ0) is 21.0. The first-order valence-electron chi connectivity index (χ1n) is 7.88. The second kappa shape index (κ2) is 6.55. The topological polar surface area (TPSA) is 60.0 Å². The number of ether oxygens (including phenoxy) is 2. The van der Waals surface area contributed by atoms with Gasteiger partial charge in [0.2, 0.25) is 0 Å². The largest absolute Gasteiger partial charge is 0.573 e. The second-order valence-electron chi connectivity index (χ2n) is 6.02. The maximum absolute atomic E-state index is 12.7. The van der Waals surface area contributed by atoms with Crippen LogP contribution in [0.25, 0.3) is 22.5 Å². The number of aromatic amines is 1. The monoisotopic (exact) mass is 435 g/mol. The first-order valence-corrected chi connectivity index (χ1v) is 8.26. The Kier molecular flexibility index (Phi) is 4.37. The van der Waals surface area contributed by atoms with Crippen LogP contribution in [0.15, 0.2) is 30.5 Å². The Morgan fingerprint density at radius 3 is 2.21 bits per heavy atom. The van der Waals surface area contributed by atoms with Gasteiger partial charge in [0.1, 0.15) is 5.15 Å². The predicted molar refractivity (Wildman–Crippen MR) is 88.4 cm³/mol. The van der Waals surface area contributed by atoms with Crippen molar-refractivity contribution in [2.45, 2.75) is 19.1 Å². The number of hydrogen-bond acceptors (Lipinski definition) is 4. The molecule has 1 N–H and O–H groups in total. The highest BCUT2D eigenvalue weighted by atomic mass is 35.5. The molecule has 3 aromatic rings. The molecular formula is C17H8ClF6N3O2. The van der Waals surface area contributed by atoms with E-state index in [-0.39, 0.29) is 17.1 Å². The predicted octanol–water partition coefficient (Wildman–Crippen LogP) is 5.49. The summed E-state index contributed by atoms with van der Waals surface area (Å²) in [7, 11) is 0. The van der Waals surface area contributed by atoms with Gasteiger partial charge in [-0.3, -0.25) is 5.10 Å². The van der Waals surface area contributed by atoms with Crippen molar-refractivity contribution >= 4 is 11.6 Å². The highest BCUT2D eigenvalue weighted by Crippen LogP contribution is 2.46. The number of benzene rings is 1. The molecule has 1 aromatic carbocycles. The number of halogens is 7. The van der Waals surface area contributed by atoms with Crippen LogP contribution >= 0.6 is 11.6 Å². The first kappa shape index (κ1) is 19.4. The molecule has 0 amide bonds. The summed E-state index contributed by atoms with van der Waals surface area (Å²) in [4.78, 5) is 3.94. The lowest BCUT2D eigenvalue weighted by atomic mass is 10.1. The highest BCUT2D eigenvalue weighted by Gasteiger charge is 2.38. The molecular weight excluding hydrogens is 428 g/mol. The van der Waals surface area contributed by atoms with Crippen molar-refractivity contribution in [2.75, 3.05) is 0 Å². The summed E-state index contributed by atoms with van der Waals surface area (Å²) >= 11 is 5.75. The van der Waals surface area contributed by atoms with Crippen LogP contribution in [-0.4, -0.2) is 27.9 Å². The molecule has 5 nitrogen and oxygen atoms in total. The normalized spacial score (nSPS) is 13.2. The fraction of sp³-hybridized carbons (Fsp3) is 0.176. The van der Waals surface area contributed by atoms with Crippen LogP contribution in [0.2, 0.25) is 5.15 Å². The Hall–Kier alpha value is -2.95. The van der Waals surface area contributed by atoms with Gasteiger partial charge in [0, 0.05) is 29.3 Å². The fourth-order valence-electron chi connectivity index (χ4n) is 3.10. The van der Waals surface area contributed by atoms with Crippen LogP contribution in [0.1, 0.15) is 11.1 Å². The number of nitrogens with zero attached hydrogens (tertiary/aromatic N) is 2. The van der Waals surface area contributed by atoms with Crippen molar-refractivity contribution in [3.8, 4) is 34.0 Å². The summed E-state index contributed by atoms with van der Waals surface area (Å²) in [5, 5.41) is 7.10. The molecule has 2 aromatic heterocycles. The van der Waals surface area contributed by atoms with Crippen LogP contribution in [0.5, 0.6) is 11.5 Å². The van der Waals surface area contributed by atoms with Crippen LogP contribution in [0.3, 0.4) is 0 Å². The summed E-state index contributed by atoms with van der Waals surface area (Å²) in [5.41, 5.74) is 2.55. The van der Waals surface area contributed by atoms with E-state index in [0.717, 1.165) is 12.1 Å². The van der Waals surface area contributed by atoms with Crippen LogP contribution < -0.4 is 9.47 Å². The summed E-state index contributed by atoms with van der Waals surface area (Å²) in [6, 6.07) is 4.90. The van der Waals surface area contributed by atoms with E-state index in [0.29, 0.717) is 28.1 Å². The number of aromatic nitrogens is 3. The Balaban J connectivity index is 1.78. The van der Waals surface area contributed by atoms with Gasteiger partial charge in [-0.1, -0.05) is 11.6 Å². The molecule has 0 fully saturated rings. The summed E-state index contributed by atoms with van der Waals surface area (Å²) in [6.07, 6.45) is -8.81. The molecule has 1 aliphatic carbocycles. The van der Waals surface area contributed by atoms with Gasteiger partial charge >= 0.3 is 12.7 Å². The molecule has 0 aliphatic heterocycles. The third-order valence-corrected chi connectivity index (χ3v) is 4.35. The van der Waals surface area contributed by atoms with Crippen molar-refractivity contribution in [1.82, 2.24) is 15.2 Å². The lowest BCUT2D eigenvalue weighted by Crippen LogP contribution is -2.21. The molecule has 0 bridgehead atoms. The number of alkyl halides is 6. The average molecular weight is 436 g/mol. The van der Waals surface area contributed by atoms with Crippen molar-refractivity contribution in [1.29, 1.82) is 0 Å². The smallest absolute Gasteiger partial charge is 0.402 e. The molecule has 152 valence electrons. The Morgan fingerprint density at radius 1 is 0.966 bits per heavy atom. The summed E-state index contributed by atoms with van der Waals surface area (Å²) in [6.45, 7) is 0. The van der Waals surface area contributed by atoms with Gasteiger partial charge in [0.05, 0.1) is 11.4 Å². The lowest BCUT2D eigenvalue weighted by molar-refractivity contribution is -0.287. The number of H-pyrrole nitrogens is 1. The van der Waals surface area contributed by atoms with Crippen molar-refractivity contribution in [3.63, 3.8) is 0 Å². The molecule has 12 heteroatoms. The van der Waals surface area contributed by atoms with E-state index < -0.39 is 24.2 Å². The van der Waals surface area contributed by atoms with E-state index in [9.17, 15) is 26.3 Å². The molecule has 0 unspecified atom stereocenters. The zero-order valence-corrected chi connectivity index (χ0v) is 14.7. The number of nitrogens with one attached hydrogen (secondary N) is 1. The minimum atomic E-state index is -5.20. The molecule has 0 saturated heterocycles. The van der Waals surface area contributed by atoms with Gasteiger partial charge in [-0.15, -0.1) is 26.3 Å². The van der Waals surface area contributed by atoms with Crippen molar-refractivity contribution in [3.05, 3.63) is 46.7 Å². The third-order valence-electron chi connectivity index (χ3n) is 4.13. The first-order chi connectivity index (χ1) is 13.5. The minimum absolute atomic E-state index is 0.125. The molecule has 2 heterocycles. The molecule has 4 rings (SSSR count). The van der Waals surface area contributed by atoms with Gasteiger partial charge < -0.3 is 9.47 Å². The SMILES string of the molecule is FC(F)(F)Oc1cc2c(cc1OC(F)(F)F)-c1[nH]nc(-c3ccc(Cl)nc3)c1C2. The van der Waals surface area contributed by atoms with Gasteiger partial charge in [0.25, 0.3) is 0 Å². The maximum atomic E-state index is 12.7. The lowest BCUT2D eigenvalue weighted by Gasteiger charge is -2.17. The molecule has 29 heavy (non-hydrogen) atoms. The summed E-state index contributed by atoms with van der Waals surface area (Å²) < 4.78 is 83.4. The number of rotatable bonds is 3. The number of hydrogen-bond donors (Lipinski definition) is 1. The van der Waals surface area contributed by atoms with E-state index in [2.05, 4.69) is 24.7 Å². The van der Waals surface area contributed by atoms with E-state index in [1.807, 2.05) is 0 Å². The van der Waals surface area contributed by atoms with Gasteiger partial charge in [-0.05, 0) is 29.8 Å². The van der Waals surface area contributed by atoms with Gasteiger partial charge in [-0.2, -0.15) is 5.10 Å². The number of fused-ring (bicyclic) bond motifs is 3. The Labute approximate surface area is 163 Å². The van der Waals surface area contributed by atoms with Crippen LogP contribution in [0, 0.1) is 0 Å². The zero-order valence-electron chi connectivity index (χ0n) is 14.0. The molecule has 1 aliphatic rings. The standard InChI is InChI=1S/C17H8ClF6N3O2/c18-13-2-1-7(6-25-13)14-10-3-8-4-11(28-16(19,20)21)12(29-17(22,23)24)5-9(8)15(10)27-26-14/h1-2,4-6H,3H2,(H,26,27). The minimum Gasteiger partial charge on any atom is -0.402 e. The Bertz CT molecular complexity index is 1080. The number of pyridine rings is 1. The van der Waals surface area contributed by atoms with Crippen molar-refractivity contribution < 1.29 is 35.8 Å². The molecule has 0 saturated carbocycles. The fourth-order valence-corrected chi connectivity index (χ4v) is 3.21.